The summed E-state index contributed by atoms with van der Waals surface area (Å²) in [5.41, 5.74) is 3.06. The number of likely N-dealkylation sites (N-methyl/N-ethyl adjacent to an activating group) is 1. The largest absolute Gasteiger partial charge is 0.315 e. The summed E-state index contributed by atoms with van der Waals surface area (Å²) in [6.07, 6.45) is 0.263. The van der Waals surface area contributed by atoms with Crippen molar-refractivity contribution in [3.05, 3.63) is 29.3 Å². The van der Waals surface area contributed by atoms with Gasteiger partial charge in [-0.25, -0.2) is 0 Å². The van der Waals surface area contributed by atoms with Gasteiger partial charge in [0.15, 0.2) is 0 Å². The average molecular weight is 200 g/mol. The summed E-state index contributed by atoms with van der Waals surface area (Å²) < 4.78 is 0. The van der Waals surface area contributed by atoms with Gasteiger partial charge in [0.05, 0.1) is 18.4 Å². The van der Waals surface area contributed by atoms with Gasteiger partial charge in [0.1, 0.15) is 0 Å². The second kappa shape index (κ2) is 3.39. The van der Waals surface area contributed by atoms with E-state index in [0.717, 1.165) is 16.8 Å². The van der Waals surface area contributed by atoms with Gasteiger partial charge in [-0.1, -0.05) is 12.1 Å². The molecular formula is C12H12N2O. The summed E-state index contributed by atoms with van der Waals surface area (Å²) in [6.45, 7) is 2.00. The summed E-state index contributed by atoms with van der Waals surface area (Å²) in [4.78, 5) is 13.5. The quantitative estimate of drug-likeness (QED) is 0.695. The van der Waals surface area contributed by atoms with Gasteiger partial charge in [-0.15, -0.1) is 0 Å². The van der Waals surface area contributed by atoms with Crippen molar-refractivity contribution in [1.82, 2.24) is 0 Å². The SMILES string of the molecule is Cc1ccc2c(c1)N(C)C(=O)C2CC#N. The Balaban J connectivity index is 2.51. The number of fused-ring (bicyclic) bond motifs is 1. The van der Waals surface area contributed by atoms with Crippen molar-refractivity contribution >= 4 is 11.6 Å². The van der Waals surface area contributed by atoms with Crippen LogP contribution in [0.3, 0.4) is 0 Å². The van der Waals surface area contributed by atoms with Crippen LogP contribution in [0.1, 0.15) is 23.5 Å². The Morgan fingerprint density at radius 1 is 1.53 bits per heavy atom. The molecule has 0 aliphatic carbocycles. The number of rotatable bonds is 1. The molecule has 1 aromatic rings. The van der Waals surface area contributed by atoms with E-state index in [1.54, 1.807) is 11.9 Å². The zero-order chi connectivity index (χ0) is 11.0. The van der Waals surface area contributed by atoms with E-state index in [1.807, 2.05) is 25.1 Å². The average Bonchev–Trinajstić information content (AvgIpc) is 2.44. The van der Waals surface area contributed by atoms with Gasteiger partial charge in [-0.3, -0.25) is 4.79 Å². The number of aryl methyl sites for hydroxylation is 1. The molecule has 1 aliphatic heterocycles. The molecule has 1 amide bonds. The van der Waals surface area contributed by atoms with Gasteiger partial charge >= 0.3 is 0 Å². The monoisotopic (exact) mass is 200 g/mol. The third-order valence-electron chi connectivity index (χ3n) is 2.85. The van der Waals surface area contributed by atoms with Crippen molar-refractivity contribution in [3.8, 4) is 6.07 Å². The van der Waals surface area contributed by atoms with E-state index in [9.17, 15) is 4.79 Å². The fraction of sp³-hybridized carbons (Fsp3) is 0.333. The molecule has 1 aromatic carbocycles. The van der Waals surface area contributed by atoms with Crippen LogP contribution in [0.5, 0.6) is 0 Å². The first kappa shape index (κ1) is 9.72. The number of hydrogen-bond donors (Lipinski definition) is 0. The highest BCUT2D eigenvalue weighted by atomic mass is 16.2. The maximum absolute atomic E-state index is 11.8. The van der Waals surface area contributed by atoms with Gasteiger partial charge in [-0.2, -0.15) is 5.26 Å². The molecule has 0 radical (unpaired) electrons. The molecular weight excluding hydrogens is 188 g/mol. The van der Waals surface area contributed by atoms with Gasteiger partial charge in [0, 0.05) is 12.7 Å². The fourth-order valence-electron chi connectivity index (χ4n) is 2.01. The lowest BCUT2D eigenvalue weighted by molar-refractivity contribution is -0.118. The van der Waals surface area contributed by atoms with E-state index in [4.69, 9.17) is 5.26 Å². The first-order chi connectivity index (χ1) is 7.15. The Morgan fingerprint density at radius 3 is 2.93 bits per heavy atom. The molecule has 3 nitrogen and oxygen atoms in total. The van der Waals surface area contributed by atoms with E-state index < -0.39 is 0 Å². The summed E-state index contributed by atoms with van der Waals surface area (Å²) in [5.74, 6) is -0.243. The zero-order valence-corrected chi connectivity index (χ0v) is 8.82. The van der Waals surface area contributed by atoms with Gasteiger partial charge in [0.2, 0.25) is 5.91 Å². The molecule has 0 N–H and O–H groups in total. The molecule has 15 heavy (non-hydrogen) atoms. The fourth-order valence-corrected chi connectivity index (χ4v) is 2.01. The van der Waals surface area contributed by atoms with Crippen molar-refractivity contribution in [3.63, 3.8) is 0 Å². The summed E-state index contributed by atoms with van der Waals surface area (Å²) in [5, 5.41) is 8.69. The Bertz CT molecular complexity index is 459. The summed E-state index contributed by atoms with van der Waals surface area (Å²) in [7, 11) is 1.76. The minimum atomic E-state index is -0.268. The second-order valence-corrected chi connectivity index (χ2v) is 3.87. The Hall–Kier alpha value is -1.82. The number of nitrogens with zero attached hydrogens (tertiary/aromatic N) is 2. The van der Waals surface area contributed by atoms with Crippen LogP contribution >= 0.6 is 0 Å². The van der Waals surface area contributed by atoms with E-state index >= 15 is 0 Å². The number of benzene rings is 1. The molecule has 0 aromatic heterocycles. The van der Waals surface area contributed by atoms with Gasteiger partial charge in [-0.05, 0) is 24.1 Å². The Kier molecular flexibility index (Phi) is 2.20. The summed E-state index contributed by atoms with van der Waals surface area (Å²) in [6, 6.07) is 7.99. The van der Waals surface area contributed by atoms with Gasteiger partial charge < -0.3 is 4.90 Å². The van der Waals surface area contributed by atoms with Crippen LogP contribution < -0.4 is 4.90 Å². The van der Waals surface area contributed by atoms with Crippen molar-refractivity contribution in [1.29, 1.82) is 5.26 Å². The van der Waals surface area contributed by atoms with Crippen LogP contribution in [0.2, 0.25) is 0 Å². The van der Waals surface area contributed by atoms with E-state index in [2.05, 4.69) is 6.07 Å². The predicted molar refractivity (Wildman–Crippen MR) is 57.6 cm³/mol. The molecule has 3 heteroatoms. The molecule has 0 bridgehead atoms. The minimum absolute atomic E-state index is 0.0251. The second-order valence-electron chi connectivity index (χ2n) is 3.87. The maximum atomic E-state index is 11.8. The number of carbonyl (C=O) groups excluding carboxylic acids is 1. The number of anilines is 1. The van der Waals surface area contributed by atoms with E-state index in [-0.39, 0.29) is 18.2 Å². The van der Waals surface area contributed by atoms with Crippen molar-refractivity contribution < 1.29 is 4.79 Å². The first-order valence-corrected chi connectivity index (χ1v) is 4.90. The Labute approximate surface area is 88.9 Å². The first-order valence-electron chi connectivity index (χ1n) is 4.90. The number of amides is 1. The highest BCUT2D eigenvalue weighted by Gasteiger charge is 2.34. The molecule has 0 spiro atoms. The Morgan fingerprint density at radius 2 is 2.27 bits per heavy atom. The number of nitriles is 1. The predicted octanol–water partition coefficient (Wildman–Crippen LogP) is 1.97. The van der Waals surface area contributed by atoms with Crippen LogP contribution in [0.15, 0.2) is 18.2 Å². The van der Waals surface area contributed by atoms with Gasteiger partial charge in [0.25, 0.3) is 0 Å². The highest BCUT2D eigenvalue weighted by molar-refractivity contribution is 6.04. The van der Waals surface area contributed by atoms with Crippen molar-refractivity contribution in [2.75, 3.05) is 11.9 Å². The molecule has 1 aliphatic rings. The zero-order valence-electron chi connectivity index (χ0n) is 8.82. The van der Waals surface area contributed by atoms with E-state index in [1.165, 1.54) is 0 Å². The van der Waals surface area contributed by atoms with Crippen LogP contribution in [-0.2, 0) is 4.79 Å². The lowest BCUT2D eigenvalue weighted by Gasteiger charge is -2.10. The third kappa shape index (κ3) is 1.39. The lowest BCUT2D eigenvalue weighted by Crippen LogP contribution is -2.23. The summed E-state index contributed by atoms with van der Waals surface area (Å²) >= 11 is 0. The molecule has 0 fully saturated rings. The topological polar surface area (TPSA) is 44.1 Å². The molecule has 0 saturated heterocycles. The number of carbonyl (C=O) groups is 1. The third-order valence-corrected chi connectivity index (χ3v) is 2.85. The lowest BCUT2D eigenvalue weighted by atomic mass is 9.97. The molecule has 2 rings (SSSR count). The van der Waals surface area contributed by atoms with E-state index in [0.29, 0.717) is 0 Å². The smallest absolute Gasteiger partial charge is 0.235 e. The maximum Gasteiger partial charge on any atom is 0.235 e. The molecule has 76 valence electrons. The van der Waals surface area contributed by atoms with Crippen LogP contribution in [0.25, 0.3) is 0 Å². The van der Waals surface area contributed by atoms with Crippen molar-refractivity contribution in [2.45, 2.75) is 19.3 Å². The molecule has 1 heterocycles. The van der Waals surface area contributed by atoms with Crippen molar-refractivity contribution in [2.24, 2.45) is 0 Å². The molecule has 0 saturated carbocycles. The highest BCUT2D eigenvalue weighted by Crippen LogP contribution is 2.38. The standard InChI is InChI=1S/C12H12N2O/c1-8-3-4-9-10(5-6-13)12(15)14(2)11(9)7-8/h3-4,7,10H,5H2,1-2H3. The normalized spacial score (nSPS) is 18.9. The van der Waals surface area contributed by atoms with Crippen LogP contribution in [-0.4, -0.2) is 13.0 Å². The van der Waals surface area contributed by atoms with Crippen LogP contribution in [0.4, 0.5) is 5.69 Å². The number of hydrogen-bond acceptors (Lipinski definition) is 2. The molecule has 1 atom stereocenters. The van der Waals surface area contributed by atoms with Crippen LogP contribution in [0, 0.1) is 18.3 Å². The minimum Gasteiger partial charge on any atom is -0.315 e. The molecule has 1 unspecified atom stereocenters.